The lowest BCUT2D eigenvalue weighted by atomic mass is 10.1. The number of carbonyl (C=O) groups excluding carboxylic acids is 1. The lowest BCUT2D eigenvalue weighted by molar-refractivity contribution is -0.137. The highest BCUT2D eigenvalue weighted by atomic mass is 32.2. The fraction of sp³-hybridized carbons (Fsp3) is 0.240. The summed E-state index contributed by atoms with van der Waals surface area (Å²) in [5.41, 5.74) is -0.389. The normalized spacial score (nSPS) is 11.6. The lowest BCUT2D eigenvalue weighted by Gasteiger charge is -2.25. The molecule has 0 aliphatic carbocycles. The van der Waals surface area contributed by atoms with Crippen LogP contribution in [0.4, 0.5) is 18.9 Å². The van der Waals surface area contributed by atoms with Gasteiger partial charge in [-0.3, -0.25) is 9.10 Å². The number of ether oxygens (including phenoxy) is 2. The SMILES string of the molecule is COc1ccc(S(=O)(=O)N(CC(=O)NCCc2ccccc2)c2cccc(C(F)(F)F)c2)cc1OC. The van der Waals surface area contributed by atoms with Crippen molar-refractivity contribution in [3.05, 3.63) is 83.9 Å². The molecule has 0 unspecified atom stereocenters. The molecule has 0 bridgehead atoms. The zero-order valence-electron chi connectivity index (χ0n) is 19.6. The molecule has 0 heterocycles. The summed E-state index contributed by atoms with van der Waals surface area (Å²) in [6, 6.07) is 16.9. The van der Waals surface area contributed by atoms with E-state index in [1.807, 2.05) is 30.3 Å². The second-order valence-electron chi connectivity index (χ2n) is 7.66. The number of halogens is 3. The van der Waals surface area contributed by atoms with E-state index in [4.69, 9.17) is 9.47 Å². The molecule has 3 aromatic carbocycles. The van der Waals surface area contributed by atoms with E-state index in [-0.39, 0.29) is 28.6 Å². The van der Waals surface area contributed by atoms with Crippen LogP contribution in [0.15, 0.2) is 77.7 Å². The summed E-state index contributed by atoms with van der Waals surface area (Å²) in [4.78, 5) is 12.4. The van der Waals surface area contributed by atoms with Crippen LogP contribution < -0.4 is 19.1 Å². The van der Waals surface area contributed by atoms with Crippen molar-refractivity contribution in [2.45, 2.75) is 17.5 Å². The molecule has 0 spiro atoms. The number of amides is 1. The van der Waals surface area contributed by atoms with E-state index in [1.54, 1.807) is 0 Å². The number of rotatable bonds is 10. The first-order valence-corrected chi connectivity index (χ1v) is 12.2. The van der Waals surface area contributed by atoms with Gasteiger partial charge >= 0.3 is 6.18 Å². The number of alkyl halides is 3. The van der Waals surface area contributed by atoms with Crippen LogP contribution in [-0.2, 0) is 27.4 Å². The number of nitrogens with one attached hydrogen (secondary N) is 1. The van der Waals surface area contributed by atoms with Gasteiger partial charge in [-0.15, -0.1) is 0 Å². The van der Waals surface area contributed by atoms with Crippen LogP contribution in [0.2, 0.25) is 0 Å². The van der Waals surface area contributed by atoms with Crippen LogP contribution >= 0.6 is 0 Å². The number of hydrogen-bond donors (Lipinski definition) is 1. The molecule has 11 heteroatoms. The van der Waals surface area contributed by atoms with Gasteiger partial charge in [-0.1, -0.05) is 36.4 Å². The van der Waals surface area contributed by atoms with Crippen molar-refractivity contribution >= 4 is 21.6 Å². The summed E-state index contributed by atoms with van der Waals surface area (Å²) < 4.78 is 78.1. The molecule has 0 aromatic heterocycles. The van der Waals surface area contributed by atoms with Crippen molar-refractivity contribution in [3.63, 3.8) is 0 Å². The van der Waals surface area contributed by atoms with E-state index in [0.29, 0.717) is 16.8 Å². The van der Waals surface area contributed by atoms with Gasteiger partial charge in [0.15, 0.2) is 11.5 Å². The van der Waals surface area contributed by atoms with Crippen LogP contribution in [-0.4, -0.2) is 41.6 Å². The van der Waals surface area contributed by atoms with Crippen molar-refractivity contribution in [1.29, 1.82) is 0 Å². The van der Waals surface area contributed by atoms with Crippen molar-refractivity contribution in [2.24, 2.45) is 0 Å². The van der Waals surface area contributed by atoms with Gasteiger partial charge < -0.3 is 14.8 Å². The van der Waals surface area contributed by atoms with Gasteiger partial charge in [0, 0.05) is 12.6 Å². The molecule has 36 heavy (non-hydrogen) atoms. The lowest BCUT2D eigenvalue weighted by Crippen LogP contribution is -2.41. The Hall–Kier alpha value is -3.73. The molecule has 0 radical (unpaired) electrons. The second-order valence-corrected chi connectivity index (χ2v) is 9.52. The van der Waals surface area contributed by atoms with Gasteiger partial charge in [0.25, 0.3) is 10.0 Å². The quantitative estimate of drug-likeness (QED) is 0.430. The first-order valence-electron chi connectivity index (χ1n) is 10.8. The summed E-state index contributed by atoms with van der Waals surface area (Å²) in [6.45, 7) is -0.511. The van der Waals surface area contributed by atoms with Crippen LogP contribution in [0.25, 0.3) is 0 Å². The maximum absolute atomic E-state index is 13.6. The second kappa shape index (κ2) is 11.3. The van der Waals surface area contributed by atoms with Crippen LogP contribution in [0, 0.1) is 0 Å². The molecule has 3 aromatic rings. The van der Waals surface area contributed by atoms with Gasteiger partial charge in [-0.2, -0.15) is 13.2 Å². The summed E-state index contributed by atoms with van der Waals surface area (Å²) in [6.07, 6.45) is -4.20. The Labute approximate surface area is 207 Å². The van der Waals surface area contributed by atoms with E-state index in [1.165, 1.54) is 38.5 Å². The van der Waals surface area contributed by atoms with Gasteiger partial charge in [0.2, 0.25) is 5.91 Å². The average molecular weight is 523 g/mol. The van der Waals surface area contributed by atoms with Gasteiger partial charge in [0.05, 0.1) is 30.4 Å². The number of benzene rings is 3. The van der Waals surface area contributed by atoms with E-state index in [9.17, 15) is 26.4 Å². The summed E-state index contributed by atoms with van der Waals surface area (Å²) >= 11 is 0. The highest BCUT2D eigenvalue weighted by Gasteiger charge is 2.33. The standard InChI is InChI=1S/C25H25F3N2O5S/c1-34-22-12-11-21(16-23(22)35-2)36(32,33)30(20-10-6-9-19(15-20)25(26,27)28)17-24(31)29-14-13-18-7-4-3-5-8-18/h3-12,15-16H,13-14,17H2,1-2H3,(H,29,31). The number of nitrogens with zero attached hydrogens (tertiary/aromatic N) is 1. The van der Waals surface area contributed by atoms with E-state index < -0.39 is 34.2 Å². The Morgan fingerprint density at radius 2 is 1.61 bits per heavy atom. The highest BCUT2D eigenvalue weighted by molar-refractivity contribution is 7.92. The largest absolute Gasteiger partial charge is 0.493 e. The van der Waals surface area contributed by atoms with Gasteiger partial charge in [0.1, 0.15) is 6.54 Å². The molecular formula is C25H25F3N2O5S. The summed E-state index contributed by atoms with van der Waals surface area (Å²) in [7, 11) is -1.78. The van der Waals surface area contributed by atoms with Gasteiger partial charge in [-0.25, -0.2) is 8.42 Å². The topological polar surface area (TPSA) is 84.9 Å². The van der Waals surface area contributed by atoms with Crippen molar-refractivity contribution in [3.8, 4) is 11.5 Å². The minimum Gasteiger partial charge on any atom is -0.493 e. The zero-order chi connectivity index (χ0) is 26.3. The van der Waals surface area contributed by atoms with E-state index >= 15 is 0 Å². The maximum atomic E-state index is 13.6. The summed E-state index contributed by atoms with van der Waals surface area (Å²) in [5.74, 6) is -0.303. The zero-order valence-corrected chi connectivity index (χ0v) is 20.4. The number of carbonyl (C=O) groups is 1. The molecule has 0 aliphatic heterocycles. The number of methoxy groups -OCH3 is 2. The third-order valence-electron chi connectivity index (χ3n) is 5.27. The smallest absolute Gasteiger partial charge is 0.416 e. The fourth-order valence-electron chi connectivity index (χ4n) is 3.43. The monoisotopic (exact) mass is 522 g/mol. The number of hydrogen-bond acceptors (Lipinski definition) is 5. The van der Waals surface area contributed by atoms with Crippen LogP contribution in [0.1, 0.15) is 11.1 Å². The third kappa shape index (κ3) is 6.48. The van der Waals surface area contributed by atoms with Gasteiger partial charge in [-0.05, 0) is 42.3 Å². The molecule has 7 nitrogen and oxygen atoms in total. The first-order chi connectivity index (χ1) is 17.1. The van der Waals surface area contributed by atoms with Crippen molar-refractivity contribution < 1.29 is 35.9 Å². The Balaban J connectivity index is 1.93. The molecule has 192 valence electrons. The molecule has 1 N–H and O–H groups in total. The maximum Gasteiger partial charge on any atom is 0.416 e. The molecule has 0 saturated carbocycles. The summed E-state index contributed by atoms with van der Waals surface area (Å²) in [5, 5.41) is 2.63. The Morgan fingerprint density at radius 3 is 2.25 bits per heavy atom. The minimum atomic E-state index is -4.70. The van der Waals surface area contributed by atoms with Crippen molar-refractivity contribution in [2.75, 3.05) is 31.6 Å². The molecule has 0 aliphatic rings. The number of anilines is 1. The Kier molecular flexibility index (Phi) is 8.46. The molecule has 0 saturated heterocycles. The van der Waals surface area contributed by atoms with Crippen LogP contribution in [0.5, 0.6) is 11.5 Å². The van der Waals surface area contributed by atoms with E-state index in [2.05, 4.69) is 5.32 Å². The fourth-order valence-corrected chi connectivity index (χ4v) is 4.86. The average Bonchev–Trinajstić information content (AvgIpc) is 2.87. The molecule has 0 atom stereocenters. The predicted octanol–water partition coefficient (Wildman–Crippen LogP) is 4.28. The highest BCUT2D eigenvalue weighted by Crippen LogP contribution is 2.35. The van der Waals surface area contributed by atoms with Crippen LogP contribution in [0.3, 0.4) is 0 Å². The first kappa shape index (κ1) is 26.9. The molecule has 1 amide bonds. The molecule has 0 fully saturated rings. The number of sulfonamides is 1. The molecule has 3 rings (SSSR count). The van der Waals surface area contributed by atoms with Crippen molar-refractivity contribution in [1.82, 2.24) is 5.32 Å². The predicted molar refractivity (Wildman–Crippen MR) is 129 cm³/mol. The molecular weight excluding hydrogens is 497 g/mol. The Bertz CT molecular complexity index is 1300. The Morgan fingerprint density at radius 1 is 0.917 bits per heavy atom. The third-order valence-corrected chi connectivity index (χ3v) is 7.04. The minimum absolute atomic E-state index is 0.106. The van der Waals surface area contributed by atoms with E-state index in [0.717, 1.165) is 17.7 Å².